The van der Waals surface area contributed by atoms with Crippen molar-refractivity contribution >= 4 is 10.9 Å². The molecule has 0 fully saturated rings. The SMILES string of the molecule is CCc1nc2ccc(C(O)(c3ccc(C)n3C)c3cnc(C)n3C)cc2c(C#N)c1Cc1ccc(C(F)(F)F)cc1. The van der Waals surface area contributed by atoms with E-state index in [-0.39, 0.29) is 6.42 Å². The van der Waals surface area contributed by atoms with Crippen LogP contribution in [-0.4, -0.2) is 24.2 Å². The molecule has 3 heterocycles. The van der Waals surface area contributed by atoms with Crippen LogP contribution < -0.4 is 0 Å². The average Bonchev–Trinajstić information content (AvgIpc) is 3.47. The van der Waals surface area contributed by atoms with E-state index in [2.05, 4.69) is 11.1 Å². The molecule has 2 aromatic carbocycles. The summed E-state index contributed by atoms with van der Waals surface area (Å²) in [6.45, 7) is 5.75. The predicted octanol–water partition coefficient (Wildman–Crippen LogP) is 6.25. The fourth-order valence-electron chi connectivity index (χ4n) is 5.45. The van der Waals surface area contributed by atoms with Gasteiger partial charge >= 0.3 is 6.18 Å². The molecule has 0 bridgehead atoms. The van der Waals surface area contributed by atoms with E-state index in [1.54, 1.807) is 18.3 Å². The highest BCUT2D eigenvalue weighted by Gasteiger charge is 2.40. The van der Waals surface area contributed by atoms with Crippen molar-refractivity contribution in [2.24, 2.45) is 14.1 Å². The topological polar surface area (TPSA) is 79.7 Å². The summed E-state index contributed by atoms with van der Waals surface area (Å²) in [6, 6.07) is 16.5. The number of aryl methyl sites for hydroxylation is 3. The number of alkyl halides is 3. The number of nitrogens with zero attached hydrogens (tertiary/aromatic N) is 5. The van der Waals surface area contributed by atoms with Gasteiger partial charge in [-0.2, -0.15) is 18.4 Å². The van der Waals surface area contributed by atoms with Crippen LogP contribution in [-0.2, 0) is 38.7 Å². The molecule has 0 radical (unpaired) electrons. The molecule has 1 unspecified atom stereocenters. The Balaban J connectivity index is 1.72. The molecule has 0 amide bonds. The number of benzene rings is 2. The minimum atomic E-state index is -4.42. The van der Waals surface area contributed by atoms with Crippen molar-refractivity contribution in [3.8, 4) is 6.07 Å². The number of halogens is 3. The lowest BCUT2D eigenvalue weighted by Crippen LogP contribution is -2.33. The smallest absolute Gasteiger partial charge is 0.373 e. The summed E-state index contributed by atoms with van der Waals surface area (Å²) >= 11 is 0. The van der Waals surface area contributed by atoms with Gasteiger partial charge in [-0.05, 0) is 73.4 Å². The van der Waals surface area contributed by atoms with E-state index in [9.17, 15) is 23.5 Å². The van der Waals surface area contributed by atoms with E-state index in [1.165, 1.54) is 12.1 Å². The average molecular weight is 558 g/mol. The molecule has 5 aromatic rings. The standard InChI is InChI=1S/C32H30F3N5O/c1-6-27-24(15-21-8-10-22(11-9-21)32(33,34)35)26(17-36)25-16-23(12-13-28(25)38-27)31(41,29-14-7-19(2)39(29)4)30-18-37-20(3)40(30)5/h7-14,16,18,41H,6,15H2,1-5H3. The van der Waals surface area contributed by atoms with Crippen LogP contribution in [0.25, 0.3) is 10.9 Å². The van der Waals surface area contributed by atoms with Crippen molar-refractivity contribution in [2.45, 2.75) is 45.4 Å². The fraction of sp³-hybridized carbons (Fsp3) is 0.281. The molecule has 41 heavy (non-hydrogen) atoms. The van der Waals surface area contributed by atoms with E-state index in [1.807, 2.05) is 62.2 Å². The van der Waals surface area contributed by atoms with Gasteiger partial charge in [-0.3, -0.25) is 4.98 Å². The quantitative estimate of drug-likeness (QED) is 0.268. The number of pyridine rings is 1. The lowest BCUT2D eigenvalue weighted by Gasteiger charge is -2.31. The Morgan fingerprint density at radius 2 is 1.61 bits per heavy atom. The van der Waals surface area contributed by atoms with Crippen molar-refractivity contribution in [3.63, 3.8) is 0 Å². The van der Waals surface area contributed by atoms with Crippen LogP contribution in [0, 0.1) is 25.2 Å². The van der Waals surface area contributed by atoms with Gasteiger partial charge in [0.1, 0.15) is 11.9 Å². The molecule has 0 aliphatic carbocycles. The molecule has 9 heteroatoms. The van der Waals surface area contributed by atoms with E-state index >= 15 is 0 Å². The van der Waals surface area contributed by atoms with Crippen LogP contribution >= 0.6 is 0 Å². The maximum absolute atomic E-state index is 13.1. The second-order valence-electron chi connectivity index (χ2n) is 10.4. The van der Waals surface area contributed by atoms with Gasteiger partial charge in [0, 0.05) is 37.3 Å². The Hall–Kier alpha value is -4.42. The molecule has 0 saturated heterocycles. The number of fused-ring (bicyclic) bond motifs is 1. The van der Waals surface area contributed by atoms with Gasteiger partial charge in [-0.15, -0.1) is 0 Å². The Labute approximate surface area is 236 Å². The lowest BCUT2D eigenvalue weighted by molar-refractivity contribution is -0.137. The maximum atomic E-state index is 13.1. The molecule has 6 nitrogen and oxygen atoms in total. The zero-order chi connectivity index (χ0) is 29.7. The molecule has 5 rings (SSSR count). The summed E-state index contributed by atoms with van der Waals surface area (Å²) < 4.78 is 43.1. The van der Waals surface area contributed by atoms with Gasteiger partial charge in [0.2, 0.25) is 0 Å². The number of hydrogen-bond donors (Lipinski definition) is 1. The van der Waals surface area contributed by atoms with Crippen LogP contribution in [0.4, 0.5) is 13.2 Å². The van der Waals surface area contributed by atoms with Crippen molar-refractivity contribution in [2.75, 3.05) is 0 Å². The Morgan fingerprint density at radius 1 is 0.927 bits per heavy atom. The van der Waals surface area contributed by atoms with Crippen LogP contribution in [0.15, 0.2) is 60.8 Å². The van der Waals surface area contributed by atoms with Crippen LogP contribution in [0.5, 0.6) is 0 Å². The van der Waals surface area contributed by atoms with Gasteiger partial charge < -0.3 is 14.2 Å². The number of rotatable bonds is 6. The molecular weight excluding hydrogens is 527 g/mol. The van der Waals surface area contributed by atoms with Gasteiger partial charge in [-0.1, -0.05) is 25.1 Å². The second kappa shape index (κ2) is 10.2. The number of aliphatic hydroxyl groups is 1. The zero-order valence-electron chi connectivity index (χ0n) is 23.5. The van der Waals surface area contributed by atoms with Crippen LogP contribution in [0.3, 0.4) is 0 Å². The van der Waals surface area contributed by atoms with Crippen molar-refractivity contribution in [1.82, 2.24) is 19.1 Å². The summed E-state index contributed by atoms with van der Waals surface area (Å²) in [5.74, 6) is 0.732. The van der Waals surface area contributed by atoms with Gasteiger partial charge in [0.15, 0.2) is 5.60 Å². The lowest BCUT2D eigenvalue weighted by atomic mass is 9.85. The molecule has 1 N–H and O–H groups in total. The molecule has 1 atom stereocenters. The minimum absolute atomic E-state index is 0.250. The van der Waals surface area contributed by atoms with E-state index in [0.717, 1.165) is 23.7 Å². The Bertz CT molecular complexity index is 1760. The molecule has 210 valence electrons. The molecule has 3 aromatic heterocycles. The van der Waals surface area contributed by atoms with E-state index < -0.39 is 17.3 Å². The molecule has 0 spiro atoms. The Kier molecular flexibility index (Phi) is 7.00. The third-order valence-corrected chi connectivity index (χ3v) is 8.03. The number of hydrogen-bond acceptors (Lipinski definition) is 4. The van der Waals surface area contributed by atoms with Gasteiger partial charge in [0.25, 0.3) is 0 Å². The number of nitriles is 1. The molecule has 0 saturated carbocycles. The van der Waals surface area contributed by atoms with E-state index in [0.29, 0.717) is 56.7 Å². The largest absolute Gasteiger partial charge is 0.416 e. The second-order valence-corrected chi connectivity index (χ2v) is 10.4. The predicted molar refractivity (Wildman–Crippen MR) is 150 cm³/mol. The normalized spacial score (nSPS) is 13.4. The molecule has 0 aliphatic rings. The van der Waals surface area contributed by atoms with Crippen molar-refractivity contribution in [3.05, 3.63) is 117 Å². The van der Waals surface area contributed by atoms with Crippen molar-refractivity contribution < 1.29 is 18.3 Å². The van der Waals surface area contributed by atoms with E-state index in [4.69, 9.17) is 4.98 Å². The highest BCUT2D eigenvalue weighted by Crippen LogP contribution is 2.39. The summed E-state index contributed by atoms with van der Waals surface area (Å²) in [7, 11) is 3.73. The summed E-state index contributed by atoms with van der Waals surface area (Å²) in [4.78, 5) is 9.26. The molecular formula is C32H30F3N5O. The first-order valence-electron chi connectivity index (χ1n) is 13.3. The Morgan fingerprint density at radius 3 is 2.15 bits per heavy atom. The molecule has 0 aliphatic heterocycles. The first-order chi connectivity index (χ1) is 19.4. The number of aromatic nitrogens is 4. The monoisotopic (exact) mass is 557 g/mol. The summed E-state index contributed by atoms with van der Waals surface area (Å²) in [6.07, 6.45) is -1.98. The third kappa shape index (κ3) is 4.68. The third-order valence-electron chi connectivity index (χ3n) is 8.03. The van der Waals surface area contributed by atoms with Crippen LogP contribution in [0.2, 0.25) is 0 Å². The van der Waals surface area contributed by atoms with Crippen LogP contribution in [0.1, 0.15) is 63.3 Å². The highest BCUT2D eigenvalue weighted by molar-refractivity contribution is 5.87. The van der Waals surface area contributed by atoms with Crippen molar-refractivity contribution in [1.29, 1.82) is 5.26 Å². The first-order valence-corrected chi connectivity index (χ1v) is 13.3. The van der Waals surface area contributed by atoms with Gasteiger partial charge in [0.05, 0.1) is 34.2 Å². The number of imidazole rings is 1. The summed E-state index contributed by atoms with van der Waals surface area (Å²) in [5.41, 5.74) is 3.38. The zero-order valence-corrected chi connectivity index (χ0v) is 23.5. The highest BCUT2D eigenvalue weighted by atomic mass is 19.4. The maximum Gasteiger partial charge on any atom is 0.416 e. The first kappa shape index (κ1) is 28.1. The summed E-state index contributed by atoms with van der Waals surface area (Å²) in [5, 5.41) is 23.5. The minimum Gasteiger partial charge on any atom is -0.373 e. The van der Waals surface area contributed by atoms with Gasteiger partial charge in [-0.25, -0.2) is 4.98 Å². The fourth-order valence-corrected chi connectivity index (χ4v) is 5.45.